The van der Waals surface area contributed by atoms with E-state index in [4.69, 9.17) is 5.73 Å². The summed E-state index contributed by atoms with van der Waals surface area (Å²) in [5.41, 5.74) is 5.46. The smallest absolute Gasteiger partial charge is 0.260 e. The van der Waals surface area contributed by atoms with Gasteiger partial charge in [-0.1, -0.05) is 6.08 Å². The van der Waals surface area contributed by atoms with Crippen molar-refractivity contribution in [3.8, 4) is 0 Å². The lowest BCUT2D eigenvalue weighted by molar-refractivity contribution is 0.572. The normalized spacial score (nSPS) is 11.5. The van der Waals surface area contributed by atoms with Gasteiger partial charge >= 0.3 is 0 Å². The lowest BCUT2D eigenvalue weighted by atomic mass is 10.4. The van der Waals surface area contributed by atoms with Crippen molar-refractivity contribution in [3.63, 3.8) is 0 Å². The first-order chi connectivity index (χ1) is 6.99. The van der Waals surface area contributed by atoms with Crippen molar-refractivity contribution in [2.45, 2.75) is 11.4 Å². The predicted molar refractivity (Wildman–Crippen MR) is 57.6 cm³/mol. The highest BCUT2D eigenvalue weighted by Gasteiger charge is 2.21. The first kappa shape index (κ1) is 11.7. The van der Waals surface area contributed by atoms with Crippen LogP contribution in [0, 0.1) is 0 Å². The van der Waals surface area contributed by atoms with Gasteiger partial charge in [0, 0.05) is 13.6 Å². The van der Waals surface area contributed by atoms with Gasteiger partial charge in [0.1, 0.15) is 0 Å². The topological polar surface area (TPSA) is 90.0 Å². The minimum Gasteiger partial charge on any atom is -0.381 e. The second-order valence-electron chi connectivity index (χ2n) is 3.02. The van der Waals surface area contributed by atoms with Crippen LogP contribution in [0.15, 0.2) is 24.0 Å². The number of hydrogen-bond donors (Lipinski definition) is 2. The Bertz CT molecular complexity index is 430. The zero-order valence-electron chi connectivity index (χ0n) is 8.47. The fourth-order valence-electron chi connectivity index (χ4n) is 1.13. The fourth-order valence-corrected chi connectivity index (χ4v) is 2.41. The van der Waals surface area contributed by atoms with Crippen LogP contribution in [-0.4, -0.2) is 24.5 Å². The molecule has 0 saturated carbocycles. The number of nitrogen functional groups attached to an aromatic ring is 1. The van der Waals surface area contributed by atoms with Crippen molar-refractivity contribution in [3.05, 3.63) is 19.0 Å². The molecule has 3 N–H and O–H groups in total. The molecular formula is C8H14N4O2S. The minimum absolute atomic E-state index is 0.00334. The molecule has 0 amide bonds. The highest BCUT2D eigenvalue weighted by Crippen LogP contribution is 2.14. The largest absolute Gasteiger partial charge is 0.381 e. The second-order valence-corrected chi connectivity index (χ2v) is 4.70. The van der Waals surface area contributed by atoms with Gasteiger partial charge in [-0.25, -0.2) is 18.1 Å². The molecule has 0 aliphatic rings. The van der Waals surface area contributed by atoms with E-state index >= 15 is 0 Å². The number of aryl methyl sites for hydroxylation is 1. The average molecular weight is 230 g/mol. The van der Waals surface area contributed by atoms with E-state index < -0.39 is 10.0 Å². The molecule has 6 nitrogen and oxygen atoms in total. The summed E-state index contributed by atoms with van der Waals surface area (Å²) in [6.07, 6.45) is 3.56. The molecule has 0 aliphatic heterocycles. The van der Waals surface area contributed by atoms with Gasteiger partial charge in [0.2, 0.25) is 0 Å². The summed E-state index contributed by atoms with van der Waals surface area (Å²) in [6, 6.07) is 0. The van der Waals surface area contributed by atoms with Crippen molar-refractivity contribution in [2.24, 2.45) is 7.05 Å². The van der Waals surface area contributed by atoms with Crippen LogP contribution in [0.1, 0.15) is 6.42 Å². The Labute approximate surface area is 88.9 Å². The molecule has 0 fully saturated rings. The lowest BCUT2D eigenvalue weighted by Gasteiger charge is -2.06. The average Bonchev–Trinajstić information content (AvgIpc) is 2.46. The van der Waals surface area contributed by atoms with E-state index in [1.807, 2.05) is 0 Å². The molecule has 1 aromatic rings. The molecule has 0 radical (unpaired) electrons. The van der Waals surface area contributed by atoms with E-state index in [0.29, 0.717) is 13.0 Å². The number of anilines is 1. The van der Waals surface area contributed by atoms with Crippen LogP contribution in [0.3, 0.4) is 0 Å². The Kier molecular flexibility index (Phi) is 3.48. The quantitative estimate of drug-likeness (QED) is 0.544. The number of aromatic nitrogens is 2. The van der Waals surface area contributed by atoms with Crippen LogP contribution in [0.2, 0.25) is 0 Å². The molecule has 0 atom stereocenters. The van der Waals surface area contributed by atoms with Crippen molar-refractivity contribution in [2.75, 3.05) is 12.3 Å². The number of sulfonamides is 1. The SMILES string of the molecule is C=CCCNS(=O)(=O)c1c(N)ncn1C. The first-order valence-electron chi connectivity index (χ1n) is 4.36. The van der Waals surface area contributed by atoms with Crippen molar-refractivity contribution >= 4 is 15.8 Å². The first-order valence-corrected chi connectivity index (χ1v) is 5.84. The Morgan fingerprint density at radius 1 is 1.73 bits per heavy atom. The predicted octanol–water partition coefficient (Wildman–Crippen LogP) is -0.143. The number of nitrogens with two attached hydrogens (primary N) is 1. The molecule has 0 unspecified atom stereocenters. The molecule has 0 aromatic carbocycles. The van der Waals surface area contributed by atoms with E-state index in [9.17, 15) is 8.42 Å². The van der Waals surface area contributed by atoms with Gasteiger partial charge in [-0.3, -0.25) is 0 Å². The molecule has 0 bridgehead atoms. The molecule has 15 heavy (non-hydrogen) atoms. The van der Waals surface area contributed by atoms with E-state index in [1.165, 1.54) is 10.9 Å². The second kappa shape index (κ2) is 4.45. The van der Waals surface area contributed by atoms with E-state index in [0.717, 1.165) is 0 Å². The summed E-state index contributed by atoms with van der Waals surface area (Å²) in [5, 5.41) is -0.00781. The highest BCUT2D eigenvalue weighted by atomic mass is 32.2. The van der Waals surface area contributed by atoms with Crippen molar-refractivity contribution < 1.29 is 8.42 Å². The molecule has 0 aliphatic carbocycles. The summed E-state index contributed by atoms with van der Waals surface area (Å²) in [4.78, 5) is 3.71. The molecule has 84 valence electrons. The van der Waals surface area contributed by atoms with Crippen LogP contribution in [0.5, 0.6) is 0 Å². The third kappa shape index (κ3) is 2.57. The lowest BCUT2D eigenvalue weighted by Crippen LogP contribution is -2.27. The third-order valence-electron chi connectivity index (χ3n) is 1.80. The molecule has 0 spiro atoms. The van der Waals surface area contributed by atoms with Crippen LogP contribution in [0.4, 0.5) is 5.82 Å². The molecular weight excluding hydrogens is 216 g/mol. The van der Waals surface area contributed by atoms with Crippen LogP contribution in [0.25, 0.3) is 0 Å². The van der Waals surface area contributed by atoms with Crippen molar-refractivity contribution in [1.82, 2.24) is 14.3 Å². The molecule has 7 heteroatoms. The van der Waals surface area contributed by atoms with Crippen LogP contribution >= 0.6 is 0 Å². The standard InChI is InChI=1S/C8H14N4O2S/c1-3-4-5-11-15(13,14)8-7(9)10-6-12(8)2/h3,6,11H,1,4-5,9H2,2H3. The van der Waals surface area contributed by atoms with Gasteiger partial charge in [0.15, 0.2) is 10.8 Å². The molecule has 0 saturated heterocycles. The van der Waals surface area contributed by atoms with E-state index in [2.05, 4.69) is 16.3 Å². The zero-order valence-corrected chi connectivity index (χ0v) is 9.29. The number of imidazole rings is 1. The molecule has 1 aromatic heterocycles. The summed E-state index contributed by atoms with van der Waals surface area (Å²) >= 11 is 0. The summed E-state index contributed by atoms with van der Waals surface area (Å²) in [7, 11) is -2.00. The summed E-state index contributed by atoms with van der Waals surface area (Å²) in [5.74, 6) is 0.00334. The van der Waals surface area contributed by atoms with Gasteiger partial charge in [-0.15, -0.1) is 6.58 Å². The van der Waals surface area contributed by atoms with Crippen molar-refractivity contribution in [1.29, 1.82) is 0 Å². The highest BCUT2D eigenvalue weighted by molar-refractivity contribution is 7.89. The maximum absolute atomic E-state index is 11.7. The third-order valence-corrected chi connectivity index (χ3v) is 3.39. The number of nitrogens with one attached hydrogen (secondary N) is 1. The Morgan fingerprint density at radius 3 is 2.87 bits per heavy atom. The summed E-state index contributed by atoms with van der Waals surface area (Å²) < 4.78 is 27.2. The van der Waals surface area contributed by atoms with Gasteiger partial charge < -0.3 is 10.3 Å². The maximum Gasteiger partial charge on any atom is 0.260 e. The van der Waals surface area contributed by atoms with E-state index in [-0.39, 0.29) is 10.8 Å². The van der Waals surface area contributed by atoms with Gasteiger partial charge in [0.05, 0.1) is 6.33 Å². The zero-order chi connectivity index (χ0) is 11.5. The minimum atomic E-state index is -3.57. The van der Waals surface area contributed by atoms with Gasteiger partial charge in [-0.05, 0) is 6.42 Å². The number of rotatable bonds is 5. The maximum atomic E-state index is 11.7. The Morgan fingerprint density at radius 2 is 2.40 bits per heavy atom. The fraction of sp³-hybridized carbons (Fsp3) is 0.375. The van der Waals surface area contributed by atoms with Gasteiger partial charge in [0.25, 0.3) is 10.0 Å². The molecule has 1 rings (SSSR count). The Balaban J connectivity index is 2.91. The van der Waals surface area contributed by atoms with Gasteiger partial charge in [-0.2, -0.15) is 0 Å². The summed E-state index contributed by atoms with van der Waals surface area (Å²) in [6.45, 7) is 3.80. The van der Waals surface area contributed by atoms with Crippen LogP contribution < -0.4 is 10.5 Å². The number of hydrogen-bond acceptors (Lipinski definition) is 4. The number of nitrogens with zero attached hydrogens (tertiary/aromatic N) is 2. The van der Waals surface area contributed by atoms with Crippen LogP contribution in [-0.2, 0) is 17.1 Å². The monoisotopic (exact) mass is 230 g/mol. The molecule has 1 heterocycles. The Hall–Kier alpha value is -1.34. The van der Waals surface area contributed by atoms with E-state index in [1.54, 1.807) is 13.1 Å².